The molecule has 0 saturated carbocycles. The van der Waals surface area contributed by atoms with Gasteiger partial charge in [-0.3, -0.25) is 14.6 Å². The summed E-state index contributed by atoms with van der Waals surface area (Å²) in [5, 5.41) is 11.5. The van der Waals surface area contributed by atoms with Crippen LogP contribution in [-0.4, -0.2) is 40.9 Å². The van der Waals surface area contributed by atoms with Crippen LogP contribution in [0.3, 0.4) is 0 Å². The molecule has 0 spiro atoms. The van der Waals surface area contributed by atoms with Gasteiger partial charge in [0.15, 0.2) is 0 Å². The molecule has 32 heavy (non-hydrogen) atoms. The Kier molecular flexibility index (Phi) is 5.87. The van der Waals surface area contributed by atoms with E-state index in [1.54, 1.807) is 36.5 Å². The number of aliphatic hydroxyl groups excluding tert-OH is 1. The lowest BCUT2D eigenvalue weighted by Crippen LogP contribution is -2.29. The number of furan rings is 1. The summed E-state index contributed by atoms with van der Waals surface area (Å²) in [4.78, 5) is 31.6. The van der Waals surface area contributed by atoms with Crippen molar-refractivity contribution in [2.45, 2.75) is 12.6 Å². The second kappa shape index (κ2) is 8.76. The number of halogens is 1. The van der Waals surface area contributed by atoms with Crippen LogP contribution in [0.15, 0.2) is 64.9 Å². The van der Waals surface area contributed by atoms with Crippen molar-refractivity contribution >= 4 is 29.1 Å². The lowest BCUT2D eigenvalue weighted by atomic mass is 9.98. The number of benzene rings is 1. The van der Waals surface area contributed by atoms with Crippen molar-refractivity contribution in [3.63, 3.8) is 0 Å². The van der Waals surface area contributed by atoms with E-state index in [0.717, 1.165) is 0 Å². The average molecular weight is 455 g/mol. The first kappa shape index (κ1) is 21.5. The van der Waals surface area contributed by atoms with Crippen LogP contribution in [0, 0.1) is 0 Å². The van der Waals surface area contributed by atoms with Gasteiger partial charge in [0.1, 0.15) is 29.1 Å². The van der Waals surface area contributed by atoms with Crippen LogP contribution in [0.25, 0.3) is 5.76 Å². The van der Waals surface area contributed by atoms with Crippen LogP contribution < -0.4 is 9.47 Å². The van der Waals surface area contributed by atoms with Crippen molar-refractivity contribution in [2.24, 2.45) is 0 Å². The number of aliphatic hydroxyl groups is 1. The fraction of sp³-hybridized carbons (Fsp3) is 0.174. The SMILES string of the molecule is COc1cc(/C(O)=C2\C(=O)C(=O)N(Cc3ccccn3)C2c2ccco2)c(OC)cc1Cl. The zero-order valence-electron chi connectivity index (χ0n) is 17.2. The van der Waals surface area contributed by atoms with Crippen LogP contribution in [0.4, 0.5) is 0 Å². The molecule has 1 atom stereocenters. The Balaban J connectivity index is 1.89. The highest BCUT2D eigenvalue weighted by Crippen LogP contribution is 2.43. The number of carbonyl (C=O) groups excluding carboxylic acids is 2. The van der Waals surface area contributed by atoms with Crippen molar-refractivity contribution in [3.8, 4) is 11.5 Å². The standard InChI is InChI=1S/C23H19ClN2O6/c1-30-17-11-15(24)18(31-2)10-14(17)21(27)19-20(16-7-5-9-32-16)26(23(29)22(19)28)12-13-6-3-4-8-25-13/h3-11,20,27H,12H2,1-2H3/b21-19+. The Morgan fingerprint density at radius 3 is 2.56 bits per heavy atom. The van der Waals surface area contributed by atoms with Gasteiger partial charge in [-0.15, -0.1) is 0 Å². The molecule has 3 aromatic rings. The molecule has 1 fully saturated rings. The molecule has 0 bridgehead atoms. The Morgan fingerprint density at radius 2 is 1.94 bits per heavy atom. The summed E-state index contributed by atoms with van der Waals surface area (Å²) < 4.78 is 16.1. The zero-order chi connectivity index (χ0) is 22.8. The molecule has 1 aliphatic heterocycles. The number of amides is 1. The molecular formula is C23H19ClN2O6. The molecular weight excluding hydrogens is 436 g/mol. The highest BCUT2D eigenvalue weighted by atomic mass is 35.5. The molecule has 1 unspecified atom stereocenters. The molecule has 0 radical (unpaired) electrons. The van der Waals surface area contributed by atoms with Gasteiger partial charge in [-0.25, -0.2) is 0 Å². The van der Waals surface area contributed by atoms with Gasteiger partial charge in [0.25, 0.3) is 11.7 Å². The fourth-order valence-electron chi connectivity index (χ4n) is 3.64. The maximum Gasteiger partial charge on any atom is 0.296 e. The molecule has 1 aromatic carbocycles. The lowest BCUT2D eigenvalue weighted by Gasteiger charge is -2.23. The second-order valence-electron chi connectivity index (χ2n) is 6.95. The lowest BCUT2D eigenvalue weighted by molar-refractivity contribution is -0.140. The van der Waals surface area contributed by atoms with Gasteiger partial charge >= 0.3 is 0 Å². The van der Waals surface area contributed by atoms with Crippen LogP contribution in [0.2, 0.25) is 5.02 Å². The number of likely N-dealkylation sites (tertiary alicyclic amines) is 1. The number of Topliss-reactive ketones (excluding diaryl/α,β-unsaturated/α-hetero) is 1. The monoisotopic (exact) mass is 454 g/mol. The number of methoxy groups -OCH3 is 2. The van der Waals surface area contributed by atoms with Gasteiger partial charge in [0.05, 0.1) is 48.9 Å². The minimum Gasteiger partial charge on any atom is -0.507 e. The summed E-state index contributed by atoms with van der Waals surface area (Å²) in [6, 6.07) is 10.5. The third kappa shape index (κ3) is 3.69. The van der Waals surface area contributed by atoms with E-state index in [0.29, 0.717) is 11.5 Å². The van der Waals surface area contributed by atoms with E-state index in [1.165, 1.54) is 37.5 Å². The molecule has 0 aliphatic carbocycles. The molecule has 1 aliphatic rings. The summed E-state index contributed by atoms with van der Waals surface area (Å²) in [6.07, 6.45) is 3.03. The molecule has 8 nitrogen and oxygen atoms in total. The summed E-state index contributed by atoms with van der Waals surface area (Å²) in [5.74, 6) is -1.26. The van der Waals surface area contributed by atoms with Gasteiger partial charge in [-0.1, -0.05) is 17.7 Å². The van der Waals surface area contributed by atoms with Crippen LogP contribution >= 0.6 is 11.6 Å². The zero-order valence-corrected chi connectivity index (χ0v) is 18.0. The predicted molar refractivity (Wildman–Crippen MR) is 115 cm³/mol. The molecule has 1 amide bonds. The number of pyridine rings is 1. The minimum absolute atomic E-state index is 0.0502. The van der Waals surface area contributed by atoms with E-state index in [1.807, 2.05) is 0 Å². The molecule has 1 N–H and O–H groups in total. The van der Waals surface area contributed by atoms with Gasteiger partial charge in [-0.2, -0.15) is 0 Å². The number of carbonyl (C=O) groups is 2. The van der Waals surface area contributed by atoms with E-state index in [4.69, 9.17) is 25.5 Å². The number of ether oxygens (including phenoxy) is 2. The van der Waals surface area contributed by atoms with Gasteiger partial charge in [0.2, 0.25) is 0 Å². The van der Waals surface area contributed by atoms with E-state index in [-0.39, 0.29) is 34.2 Å². The van der Waals surface area contributed by atoms with Crippen molar-refractivity contribution < 1.29 is 28.6 Å². The first-order valence-electron chi connectivity index (χ1n) is 9.59. The number of hydrogen-bond donors (Lipinski definition) is 1. The van der Waals surface area contributed by atoms with Crippen LogP contribution in [-0.2, 0) is 16.1 Å². The predicted octanol–water partition coefficient (Wildman–Crippen LogP) is 3.97. The minimum atomic E-state index is -0.960. The first-order valence-corrected chi connectivity index (χ1v) is 9.97. The molecule has 3 heterocycles. The van der Waals surface area contributed by atoms with Gasteiger partial charge in [-0.05, 0) is 30.3 Å². The van der Waals surface area contributed by atoms with E-state index in [9.17, 15) is 14.7 Å². The largest absolute Gasteiger partial charge is 0.507 e. The summed E-state index contributed by atoms with van der Waals surface area (Å²) in [6.45, 7) is 0.0502. The van der Waals surface area contributed by atoms with E-state index in [2.05, 4.69) is 4.98 Å². The van der Waals surface area contributed by atoms with Gasteiger partial charge < -0.3 is 23.9 Å². The topological polar surface area (TPSA) is 102 Å². The third-order valence-corrected chi connectivity index (χ3v) is 5.44. The number of ketones is 1. The quantitative estimate of drug-likeness (QED) is 0.341. The Hall–Kier alpha value is -3.78. The van der Waals surface area contributed by atoms with Crippen LogP contribution in [0.5, 0.6) is 11.5 Å². The number of rotatable bonds is 6. The fourth-order valence-corrected chi connectivity index (χ4v) is 3.87. The van der Waals surface area contributed by atoms with Crippen molar-refractivity contribution in [3.05, 3.63) is 82.5 Å². The molecule has 4 rings (SSSR count). The summed E-state index contributed by atoms with van der Waals surface area (Å²) in [5.41, 5.74) is 0.599. The highest BCUT2D eigenvalue weighted by Gasteiger charge is 2.47. The summed E-state index contributed by atoms with van der Waals surface area (Å²) >= 11 is 6.17. The number of aromatic nitrogens is 1. The van der Waals surface area contributed by atoms with Crippen molar-refractivity contribution in [1.82, 2.24) is 9.88 Å². The highest BCUT2D eigenvalue weighted by molar-refractivity contribution is 6.46. The Bertz CT molecular complexity index is 1190. The van der Waals surface area contributed by atoms with E-state index >= 15 is 0 Å². The Labute approximate surface area is 188 Å². The van der Waals surface area contributed by atoms with Gasteiger partial charge in [0, 0.05) is 12.3 Å². The second-order valence-corrected chi connectivity index (χ2v) is 7.36. The Morgan fingerprint density at radius 1 is 1.16 bits per heavy atom. The average Bonchev–Trinajstić information content (AvgIpc) is 3.42. The van der Waals surface area contributed by atoms with E-state index < -0.39 is 23.5 Å². The third-order valence-electron chi connectivity index (χ3n) is 5.14. The van der Waals surface area contributed by atoms with Crippen LogP contribution in [0.1, 0.15) is 23.1 Å². The molecule has 1 saturated heterocycles. The molecule has 9 heteroatoms. The maximum atomic E-state index is 13.1. The summed E-state index contributed by atoms with van der Waals surface area (Å²) in [7, 11) is 2.82. The number of nitrogens with zero attached hydrogens (tertiary/aromatic N) is 2. The number of hydrogen-bond acceptors (Lipinski definition) is 7. The maximum absolute atomic E-state index is 13.1. The van der Waals surface area contributed by atoms with Crippen molar-refractivity contribution in [1.29, 1.82) is 0 Å². The normalized spacial score (nSPS) is 17.6. The molecule has 164 valence electrons. The van der Waals surface area contributed by atoms with Crippen molar-refractivity contribution in [2.75, 3.05) is 14.2 Å². The molecule has 2 aromatic heterocycles. The smallest absolute Gasteiger partial charge is 0.296 e. The first-order chi connectivity index (χ1) is 15.5.